The Morgan fingerprint density at radius 3 is 2.68 bits per heavy atom. The Bertz CT molecular complexity index is 1400. The normalized spacial score (nSPS) is 17.6. The highest BCUT2D eigenvalue weighted by molar-refractivity contribution is 6.04. The molecule has 0 unspecified atom stereocenters. The summed E-state index contributed by atoms with van der Waals surface area (Å²) in [6.45, 7) is 7.14. The molecule has 0 radical (unpaired) electrons. The van der Waals surface area contributed by atoms with Crippen LogP contribution in [0.1, 0.15) is 40.5 Å². The molecule has 0 saturated carbocycles. The van der Waals surface area contributed by atoms with Crippen LogP contribution < -0.4 is 9.64 Å². The third-order valence-corrected chi connectivity index (χ3v) is 8.06. The van der Waals surface area contributed by atoms with Gasteiger partial charge < -0.3 is 23.9 Å². The molecule has 0 bridgehead atoms. The van der Waals surface area contributed by atoms with E-state index in [4.69, 9.17) is 19.0 Å². The van der Waals surface area contributed by atoms with Gasteiger partial charge in [0.05, 0.1) is 31.9 Å². The van der Waals surface area contributed by atoms with Crippen molar-refractivity contribution in [3.63, 3.8) is 0 Å². The Labute approximate surface area is 239 Å². The number of nitrogens with zero attached hydrogens (tertiary/aromatic N) is 4. The van der Waals surface area contributed by atoms with Gasteiger partial charge in [-0.25, -0.2) is 4.98 Å². The molecular formula is C31H36N4O6. The van der Waals surface area contributed by atoms with E-state index >= 15 is 0 Å². The third kappa shape index (κ3) is 6.29. The van der Waals surface area contributed by atoms with Gasteiger partial charge in [-0.1, -0.05) is 24.3 Å². The number of oxazole rings is 1. The van der Waals surface area contributed by atoms with Gasteiger partial charge in [0, 0.05) is 51.4 Å². The van der Waals surface area contributed by atoms with Crippen LogP contribution in [0.25, 0.3) is 11.1 Å². The molecule has 1 fully saturated rings. The van der Waals surface area contributed by atoms with E-state index in [-0.39, 0.29) is 18.2 Å². The first kappa shape index (κ1) is 27.4. The number of ether oxygens (including phenoxy) is 2. The molecule has 0 aliphatic carbocycles. The molecule has 3 aliphatic rings. The predicted octanol–water partition coefficient (Wildman–Crippen LogP) is 3.48. The highest BCUT2D eigenvalue weighted by Gasteiger charge is 2.31. The van der Waals surface area contributed by atoms with E-state index in [9.17, 15) is 9.59 Å². The molecule has 1 amide bonds. The lowest BCUT2D eigenvalue weighted by molar-refractivity contribution is -0.137. The molecule has 10 heteroatoms. The quantitative estimate of drug-likeness (QED) is 0.421. The topological polar surface area (TPSA) is 109 Å². The van der Waals surface area contributed by atoms with Crippen LogP contribution in [0.5, 0.6) is 5.75 Å². The van der Waals surface area contributed by atoms with Gasteiger partial charge in [-0.3, -0.25) is 19.4 Å². The van der Waals surface area contributed by atoms with E-state index < -0.39 is 5.97 Å². The molecule has 1 aromatic heterocycles. The van der Waals surface area contributed by atoms with Crippen molar-refractivity contribution in [2.45, 2.75) is 32.2 Å². The second kappa shape index (κ2) is 12.4. The van der Waals surface area contributed by atoms with Crippen LogP contribution in [0.2, 0.25) is 0 Å². The molecule has 216 valence electrons. The van der Waals surface area contributed by atoms with Crippen molar-refractivity contribution >= 4 is 17.6 Å². The van der Waals surface area contributed by atoms with Crippen molar-refractivity contribution in [3.05, 3.63) is 65.4 Å². The Balaban J connectivity index is 1.17. The monoisotopic (exact) mass is 560 g/mol. The van der Waals surface area contributed by atoms with Gasteiger partial charge in [0.1, 0.15) is 18.1 Å². The second-order valence-corrected chi connectivity index (χ2v) is 10.8. The van der Waals surface area contributed by atoms with E-state index in [0.717, 1.165) is 79.5 Å². The van der Waals surface area contributed by atoms with Crippen LogP contribution >= 0.6 is 0 Å². The summed E-state index contributed by atoms with van der Waals surface area (Å²) in [5.74, 6) is 0.524. The molecule has 41 heavy (non-hydrogen) atoms. The summed E-state index contributed by atoms with van der Waals surface area (Å²) in [6.07, 6.45) is 2.43. The maximum Gasteiger partial charge on any atom is 0.314 e. The minimum absolute atomic E-state index is 0.0750. The third-order valence-electron chi connectivity index (χ3n) is 8.06. The number of aromatic nitrogens is 1. The lowest BCUT2D eigenvalue weighted by Gasteiger charge is -2.30. The average molecular weight is 561 g/mol. The van der Waals surface area contributed by atoms with Crippen molar-refractivity contribution in [1.82, 2.24) is 14.8 Å². The number of aliphatic carboxylic acids is 1. The maximum atomic E-state index is 13.7. The van der Waals surface area contributed by atoms with Gasteiger partial charge in [0.25, 0.3) is 5.89 Å². The van der Waals surface area contributed by atoms with Crippen LogP contribution in [-0.2, 0) is 28.9 Å². The van der Waals surface area contributed by atoms with Gasteiger partial charge in [0.15, 0.2) is 0 Å². The summed E-state index contributed by atoms with van der Waals surface area (Å²) in [4.78, 5) is 35.4. The minimum Gasteiger partial charge on any atom is -0.492 e. The zero-order chi connectivity index (χ0) is 28.2. The number of morpholine rings is 1. The van der Waals surface area contributed by atoms with Gasteiger partial charge in [-0.05, 0) is 47.7 Å². The molecule has 1 N–H and O–H groups in total. The van der Waals surface area contributed by atoms with Crippen molar-refractivity contribution in [1.29, 1.82) is 0 Å². The number of benzene rings is 2. The number of hydrogen-bond donors (Lipinski definition) is 1. The number of carbonyl (C=O) groups excluding carboxylic acids is 1. The fraction of sp³-hybridized carbons (Fsp3) is 0.452. The Morgan fingerprint density at radius 2 is 1.83 bits per heavy atom. The molecule has 3 aliphatic heterocycles. The van der Waals surface area contributed by atoms with Crippen LogP contribution in [0, 0.1) is 0 Å². The van der Waals surface area contributed by atoms with E-state index in [1.54, 1.807) is 4.90 Å². The van der Waals surface area contributed by atoms with Crippen molar-refractivity contribution in [2.75, 3.05) is 64.0 Å². The minimum atomic E-state index is -0.824. The molecule has 0 atom stereocenters. The van der Waals surface area contributed by atoms with Crippen LogP contribution in [-0.4, -0.2) is 90.9 Å². The standard InChI is InChI=1S/C31H36N4O6/c36-29(37)10-13-34-12-9-26-28(21-34)41-30(32-26)31(38)35-11-3-7-25-24(6-2-8-27(25)35)22-4-1-5-23(20-22)40-19-16-33-14-17-39-18-15-33/h1-2,4-6,8,20H,3,7,9-19,21H2,(H,36,37). The fourth-order valence-electron chi connectivity index (χ4n) is 5.88. The Hall–Kier alpha value is -3.73. The van der Waals surface area contributed by atoms with E-state index in [0.29, 0.717) is 45.0 Å². The van der Waals surface area contributed by atoms with Crippen molar-refractivity contribution in [2.24, 2.45) is 0 Å². The molecule has 1 saturated heterocycles. The molecule has 3 aromatic rings. The zero-order valence-electron chi connectivity index (χ0n) is 23.2. The number of anilines is 1. The van der Waals surface area contributed by atoms with Crippen molar-refractivity contribution in [3.8, 4) is 16.9 Å². The Kier molecular flexibility index (Phi) is 8.31. The van der Waals surface area contributed by atoms with Crippen molar-refractivity contribution < 1.29 is 28.6 Å². The first-order chi connectivity index (χ1) is 20.0. The van der Waals surface area contributed by atoms with E-state index in [1.807, 2.05) is 29.2 Å². The predicted molar refractivity (Wildman–Crippen MR) is 152 cm³/mol. The van der Waals surface area contributed by atoms with E-state index in [1.165, 1.54) is 0 Å². The number of carbonyl (C=O) groups is 2. The van der Waals surface area contributed by atoms with Crippen LogP contribution in [0.3, 0.4) is 0 Å². The highest BCUT2D eigenvalue weighted by Crippen LogP contribution is 2.37. The van der Waals surface area contributed by atoms with Crippen LogP contribution in [0.4, 0.5) is 5.69 Å². The molecule has 0 spiro atoms. The number of amides is 1. The SMILES string of the molecule is O=C(O)CCN1CCc2nc(C(=O)N3CCCc4c(-c5cccc(OCCN6CCOCC6)c5)cccc43)oc2C1. The highest BCUT2D eigenvalue weighted by atomic mass is 16.5. The molecule has 2 aromatic carbocycles. The average Bonchev–Trinajstić information content (AvgIpc) is 3.43. The molecule has 6 rings (SSSR count). The first-order valence-corrected chi connectivity index (χ1v) is 14.4. The summed E-state index contributed by atoms with van der Waals surface area (Å²) in [5, 5.41) is 9.00. The van der Waals surface area contributed by atoms with Crippen LogP contribution in [0.15, 0.2) is 46.9 Å². The number of hydrogen-bond acceptors (Lipinski definition) is 8. The molecule has 4 heterocycles. The lowest BCUT2D eigenvalue weighted by Crippen LogP contribution is -2.38. The van der Waals surface area contributed by atoms with E-state index in [2.05, 4.69) is 28.1 Å². The maximum absolute atomic E-state index is 13.7. The largest absolute Gasteiger partial charge is 0.492 e. The van der Waals surface area contributed by atoms with Gasteiger partial charge in [0.2, 0.25) is 0 Å². The number of fused-ring (bicyclic) bond motifs is 2. The number of carboxylic acids is 1. The molecule has 10 nitrogen and oxygen atoms in total. The summed E-state index contributed by atoms with van der Waals surface area (Å²) < 4.78 is 17.5. The number of carboxylic acid groups (broad SMARTS) is 1. The zero-order valence-corrected chi connectivity index (χ0v) is 23.2. The summed E-state index contributed by atoms with van der Waals surface area (Å²) in [6, 6.07) is 14.3. The number of rotatable bonds is 9. The molecular weight excluding hydrogens is 524 g/mol. The lowest BCUT2D eigenvalue weighted by atomic mass is 9.92. The smallest absolute Gasteiger partial charge is 0.314 e. The first-order valence-electron chi connectivity index (χ1n) is 14.4. The summed E-state index contributed by atoms with van der Waals surface area (Å²) in [5.41, 5.74) is 4.97. The Morgan fingerprint density at radius 1 is 0.976 bits per heavy atom. The van der Waals surface area contributed by atoms with Gasteiger partial charge in [-0.15, -0.1) is 0 Å². The summed E-state index contributed by atoms with van der Waals surface area (Å²) in [7, 11) is 0. The fourth-order valence-corrected chi connectivity index (χ4v) is 5.88. The van der Waals surface area contributed by atoms with Gasteiger partial charge in [-0.2, -0.15) is 0 Å². The summed E-state index contributed by atoms with van der Waals surface area (Å²) >= 11 is 0. The second-order valence-electron chi connectivity index (χ2n) is 10.8. The van der Waals surface area contributed by atoms with Gasteiger partial charge >= 0.3 is 11.9 Å².